The van der Waals surface area contributed by atoms with E-state index in [0.29, 0.717) is 30.8 Å². The lowest BCUT2D eigenvalue weighted by Crippen LogP contribution is -2.82. The molecule has 2 amide bonds. The van der Waals surface area contributed by atoms with Crippen molar-refractivity contribution >= 4 is 35.2 Å². The Labute approximate surface area is 177 Å². The first kappa shape index (κ1) is 20.8. The molecule has 0 aromatic heterocycles. The summed E-state index contributed by atoms with van der Waals surface area (Å²) in [6, 6.07) is 0.0511. The van der Waals surface area contributed by atoms with Crippen molar-refractivity contribution in [2.75, 3.05) is 32.7 Å². The zero-order valence-corrected chi connectivity index (χ0v) is 18.8. The first-order chi connectivity index (χ1) is 13.3. The molecule has 8 heteroatoms. The molecule has 3 aliphatic heterocycles. The largest absolute Gasteiger partial charge is 0.329 e. The number of hydrogen-bond acceptors (Lipinski definition) is 5. The minimum atomic E-state index is -0.675. The van der Waals surface area contributed by atoms with Gasteiger partial charge in [-0.15, -0.1) is 23.4 Å². The molecule has 4 rings (SSSR count). The van der Waals surface area contributed by atoms with Crippen molar-refractivity contribution < 1.29 is 9.59 Å². The summed E-state index contributed by atoms with van der Waals surface area (Å²) in [6.45, 7) is 9.43. The number of carbonyl (C=O) groups excluding carboxylic acids is 2. The highest BCUT2D eigenvalue weighted by atomic mass is 35.5. The van der Waals surface area contributed by atoms with E-state index in [0.717, 1.165) is 32.2 Å². The third-order valence-corrected chi connectivity index (χ3v) is 8.62. The average molecular weight is 429 g/mol. The van der Waals surface area contributed by atoms with Crippen molar-refractivity contribution in [1.82, 2.24) is 20.0 Å². The van der Waals surface area contributed by atoms with Crippen LogP contribution in [0.2, 0.25) is 0 Å². The van der Waals surface area contributed by atoms with Crippen LogP contribution in [0.5, 0.6) is 0 Å². The van der Waals surface area contributed by atoms with Gasteiger partial charge in [0.1, 0.15) is 17.6 Å². The lowest BCUT2D eigenvalue weighted by molar-refractivity contribution is -0.182. The summed E-state index contributed by atoms with van der Waals surface area (Å²) in [4.78, 5) is 32.7. The van der Waals surface area contributed by atoms with E-state index in [4.69, 9.17) is 11.6 Å². The van der Waals surface area contributed by atoms with Crippen LogP contribution in [-0.4, -0.2) is 86.9 Å². The van der Waals surface area contributed by atoms with Crippen molar-refractivity contribution in [1.29, 1.82) is 0 Å². The Hall–Kier alpha value is -0.500. The van der Waals surface area contributed by atoms with E-state index in [1.807, 2.05) is 30.5 Å². The monoisotopic (exact) mass is 428 g/mol. The van der Waals surface area contributed by atoms with Gasteiger partial charge >= 0.3 is 0 Å². The zero-order valence-electron chi connectivity index (χ0n) is 17.2. The number of likely N-dealkylation sites (tertiary alicyclic amines) is 1. The summed E-state index contributed by atoms with van der Waals surface area (Å²) >= 11 is 8.19. The lowest BCUT2D eigenvalue weighted by atomic mass is 9.81. The second-order valence-electron chi connectivity index (χ2n) is 9.29. The SMILES string of the molecule is CC1CNC(N2CC3(C2)C(=O)N(C(C)C)CC(=O)N3CC2CCC(Cl)CC2)S1. The molecule has 1 spiro atoms. The van der Waals surface area contributed by atoms with Crippen LogP contribution >= 0.6 is 23.4 Å². The molecule has 1 N–H and O–H groups in total. The predicted molar refractivity (Wildman–Crippen MR) is 113 cm³/mol. The van der Waals surface area contributed by atoms with Crippen molar-refractivity contribution in [3.8, 4) is 0 Å². The first-order valence-corrected chi connectivity index (χ1v) is 12.1. The van der Waals surface area contributed by atoms with Crippen molar-refractivity contribution in [2.24, 2.45) is 5.92 Å². The van der Waals surface area contributed by atoms with E-state index in [1.165, 1.54) is 0 Å². The number of halogens is 1. The first-order valence-electron chi connectivity index (χ1n) is 10.7. The fourth-order valence-electron chi connectivity index (χ4n) is 5.08. The summed E-state index contributed by atoms with van der Waals surface area (Å²) in [5, 5.41) is 4.39. The molecule has 0 aromatic rings. The highest BCUT2D eigenvalue weighted by Gasteiger charge is 2.61. The second kappa shape index (κ2) is 7.97. The standard InChI is InChI=1S/C20H33ClN4O2S/c1-13(2)24-10-17(26)25(9-15-4-6-16(21)7-5-15)20(18(24)27)11-23(12-20)19-22-8-14(3)28-19/h13-16,19,22H,4-12H2,1-3H3. The minimum Gasteiger partial charge on any atom is -0.329 e. The molecule has 3 heterocycles. The Kier molecular flexibility index (Phi) is 5.91. The van der Waals surface area contributed by atoms with Gasteiger partial charge in [-0.25, -0.2) is 0 Å². The number of thioether (sulfide) groups is 1. The molecule has 0 bridgehead atoms. The topological polar surface area (TPSA) is 55.9 Å². The van der Waals surface area contributed by atoms with Crippen LogP contribution < -0.4 is 5.32 Å². The summed E-state index contributed by atoms with van der Waals surface area (Å²) in [5.41, 5.74) is -0.419. The van der Waals surface area contributed by atoms with Crippen LogP contribution in [0.1, 0.15) is 46.5 Å². The average Bonchev–Trinajstić information content (AvgIpc) is 3.04. The third kappa shape index (κ3) is 3.68. The normalized spacial score (nSPS) is 36.5. The quantitative estimate of drug-likeness (QED) is 0.693. The van der Waals surface area contributed by atoms with E-state index in [9.17, 15) is 9.59 Å². The molecule has 0 aromatic carbocycles. The number of carbonyl (C=O) groups is 2. The maximum atomic E-state index is 13.5. The van der Waals surface area contributed by atoms with Crippen LogP contribution in [-0.2, 0) is 9.59 Å². The molecule has 4 fully saturated rings. The number of alkyl halides is 1. The molecule has 6 nitrogen and oxygen atoms in total. The fraction of sp³-hybridized carbons (Fsp3) is 0.900. The third-order valence-electron chi connectivity index (χ3n) is 6.82. The van der Waals surface area contributed by atoms with Crippen LogP contribution in [0.25, 0.3) is 0 Å². The Morgan fingerprint density at radius 2 is 1.89 bits per heavy atom. The molecule has 28 heavy (non-hydrogen) atoms. The zero-order chi connectivity index (χ0) is 20.1. The van der Waals surface area contributed by atoms with E-state index >= 15 is 0 Å². The van der Waals surface area contributed by atoms with Gasteiger partial charge < -0.3 is 9.80 Å². The van der Waals surface area contributed by atoms with Crippen molar-refractivity contribution in [2.45, 2.75) is 74.2 Å². The highest BCUT2D eigenvalue weighted by molar-refractivity contribution is 8.00. The molecule has 3 saturated heterocycles. The summed E-state index contributed by atoms with van der Waals surface area (Å²) < 4.78 is 0. The lowest BCUT2D eigenvalue weighted by Gasteiger charge is -2.60. The predicted octanol–water partition coefficient (Wildman–Crippen LogP) is 1.93. The van der Waals surface area contributed by atoms with Crippen LogP contribution in [0, 0.1) is 5.92 Å². The van der Waals surface area contributed by atoms with Crippen LogP contribution in [0.15, 0.2) is 0 Å². The Morgan fingerprint density at radius 1 is 1.21 bits per heavy atom. The van der Waals surface area contributed by atoms with Gasteiger partial charge in [-0.05, 0) is 45.4 Å². The van der Waals surface area contributed by atoms with E-state index in [-0.39, 0.29) is 35.3 Å². The van der Waals surface area contributed by atoms with Gasteiger partial charge in [-0.2, -0.15) is 0 Å². The van der Waals surface area contributed by atoms with Gasteiger partial charge in [-0.3, -0.25) is 19.8 Å². The van der Waals surface area contributed by atoms with E-state index < -0.39 is 5.54 Å². The molecule has 0 radical (unpaired) electrons. The van der Waals surface area contributed by atoms with Crippen LogP contribution in [0.4, 0.5) is 0 Å². The number of piperazine rings is 1. The fourth-order valence-corrected chi connectivity index (χ4v) is 6.47. The highest BCUT2D eigenvalue weighted by Crippen LogP contribution is 2.40. The molecule has 158 valence electrons. The maximum absolute atomic E-state index is 13.5. The Morgan fingerprint density at radius 3 is 2.46 bits per heavy atom. The molecular formula is C20H33ClN4O2S. The van der Waals surface area contributed by atoms with E-state index in [1.54, 1.807) is 4.90 Å². The van der Waals surface area contributed by atoms with Gasteiger partial charge in [0.25, 0.3) is 5.91 Å². The molecule has 1 saturated carbocycles. The number of amides is 2. The molecular weight excluding hydrogens is 396 g/mol. The summed E-state index contributed by atoms with van der Waals surface area (Å²) in [6.07, 6.45) is 4.13. The number of rotatable bonds is 4. The van der Waals surface area contributed by atoms with Crippen LogP contribution in [0.3, 0.4) is 0 Å². The summed E-state index contributed by atoms with van der Waals surface area (Å²) in [5.74, 6) is 0.712. The van der Waals surface area contributed by atoms with Gasteiger partial charge in [-0.1, -0.05) is 6.92 Å². The number of nitrogens with one attached hydrogen (secondary N) is 1. The Bertz CT molecular complexity index is 619. The summed E-state index contributed by atoms with van der Waals surface area (Å²) in [7, 11) is 0. The van der Waals surface area contributed by atoms with Crippen molar-refractivity contribution in [3.05, 3.63) is 0 Å². The second-order valence-corrected chi connectivity index (χ2v) is 11.4. The number of nitrogens with zero attached hydrogens (tertiary/aromatic N) is 3. The van der Waals surface area contributed by atoms with Gasteiger partial charge in [0.05, 0.1) is 0 Å². The van der Waals surface area contributed by atoms with Gasteiger partial charge in [0.15, 0.2) is 0 Å². The molecule has 4 aliphatic rings. The molecule has 2 unspecified atom stereocenters. The number of hydrogen-bond donors (Lipinski definition) is 1. The maximum Gasteiger partial charge on any atom is 0.251 e. The van der Waals surface area contributed by atoms with Gasteiger partial charge in [0.2, 0.25) is 5.91 Å². The van der Waals surface area contributed by atoms with Gasteiger partial charge in [0, 0.05) is 42.8 Å². The van der Waals surface area contributed by atoms with Crippen molar-refractivity contribution in [3.63, 3.8) is 0 Å². The molecule has 2 atom stereocenters. The Balaban J connectivity index is 1.51. The van der Waals surface area contributed by atoms with E-state index in [2.05, 4.69) is 17.1 Å². The smallest absolute Gasteiger partial charge is 0.251 e. The molecule has 1 aliphatic carbocycles. The minimum absolute atomic E-state index is 0.0511.